The number of amides is 2. The van der Waals surface area contributed by atoms with E-state index in [0.717, 1.165) is 12.8 Å². The number of hydrogen-bond acceptors (Lipinski definition) is 4. The van der Waals surface area contributed by atoms with Crippen molar-refractivity contribution in [2.75, 3.05) is 19.6 Å². The zero-order valence-electron chi connectivity index (χ0n) is 15.1. The van der Waals surface area contributed by atoms with Gasteiger partial charge in [-0.05, 0) is 43.7 Å². The van der Waals surface area contributed by atoms with Crippen molar-refractivity contribution in [3.05, 3.63) is 29.8 Å². The summed E-state index contributed by atoms with van der Waals surface area (Å²) in [4.78, 5) is 26.9. The van der Waals surface area contributed by atoms with Crippen molar-refractivity contribution in [1.82, 2.24) is 10.2 Å². The molecule has 8 heteroatoms. The Kier molecular flexibility index (Phi) is 6.26. The number of para-hydroxylation sites is 1. The molecule has 2 unspecified atom stereocenters. The Morgan fingerprint density at radius 3 is 2.67 bits per heavy atom. The summed E-state index contributed by atoms with van der Waals surface area (Å²) in [7, 11) is 0. The van der Waals surface area contributed by atoms with Crippen LogP contribution >= 0.6 is 0 Å². The molecule has 1 aromatic rings. The van der Waals surface area contributed by atoms with Gasteiger partial charge in [-0.3, -0.25) is 9.59 Å². The molecule has 2 aliphatic rings. The summed E-state index contributed by atoms with van der Waals surface area (Å²) in [5.74, 6) is -0.508. The highest BCUT2D eigenvalue weighted by molar-refractivity contribution is 5.97. The standard InChI is InChI=1S/C19H25F2N3O3/c20-19(21)27-16-6-2-1-5-14(16)18(26)24-9-3-4-13(11-24)17(25)23-15(10-22)12-7-8-12/h1-2,5-6,12-13,15,19H,3-4,7-11,22H2,(H,23,25). The Balaban J connectivity index is 1.65. The highest BCUT2D eigenvalue weighted by Crippen LogP contribution is 2.32. The Morgan fingerprint density at radius 2 is 2.00 bits per heavy atom. The number of carbonyl (C=O) groups is 2. The van der Waals surface area contributed by atoms with Crippen molar-refractivity contribution in [3.8, 4) is 5.75 Å². The number of hydrogen-bond donors (Lipinski definition) is 2. The van der Waals surface area contributed by atoms with E-state index in [-0.39, 0.29) is 35.7 Å². The highest BCUT2D eigenvalue weighted by Gasteiger charge is 2.35. The van der Waals surface area contributed by atoms with E-state index in [0.29, 0.717) is 31.8 Å². The summed E-state index contributed by atoms with van der Waals surface area (Å²) in [5, 5.41) is 3.01. The van der Waals surface area contributed by atoms with E-state index >= 15 is 0 Å². The molecule has 1 aromatic carbocycles. The Bertz CT molecular complexity index is 682. The highest BCUT2D eigenvalue weighted by atomic mass is 19.3. The molecule has 3 rings (SSSR count). The van der Waals surface area contributed by atoms with Crippen molar-refractivity contribution in [2.45, 2.75) is 38.3 Å². The molecular weight excluding hydrogens is 356 g/mol. The van der Waals surface area contributed by atoms with Crippen LogP contribution in [0.25, 0.3) is 0 Å². The summed E-state index contributed by atoms with van der Waals surface area (Å²) in [6.45, 7) is -1.86. The number of ether oxygens (including phenoxy) is 1. The maximum absolute atomic E-state index is 12.8. The quantitative estimate of drug-likeness (QED) is 0.757. The Labute approximate surface area is 157 Å². The summed E-state index contributed by atoms with van der Waals surface area (Å²) in [6.07, 6.45) is 3.53. The van der Waals surface area contributed by atoms with Gasteiger partial charge in [-0.25, -0.2) is 0 Å². The minimum atomic E-state index is -3.01. The number of nitrogens with one attached hydrogen (secondary N) is 1. The van der Waals surface area contributed by atoms with Crippen LogP contribution in [0.3, 0.4) is 0 Å². The molecule has 1 aliphatic carbocycles. The van der Waals surface area contributed by atoms with Gasteiger partial charge in [-0.1, -0.05) is 12.1 Å². The molecular formula is C19H25F2N3O3. The lowest BCUT2D eigenvalue weighted by Crippen LogP contribution is -2.49. The minimum absolute atomic E-state index is 0.0104. The third kappa shape index (κ3) is 4.94. The van der Waals surface area contributed by atoms with Crippen LogP contribution in [0.2, 0.25) is 0 Å². The van der Waals surface area contributed by atoms with Gasteiger partial charge in [0.2, 0.25) is 5.91 Å². The van der Waals surface area contributed by atoms with Crippen LogP contribution in [0.1, 0.15) is 36.0 Å². The summed E-state index contributed by atoms with van der Waals surface area (Å²) < 4.78 is 29.6. The SMILES string of the molecule is NCC(NC(=O)C1CCCN(C(=O)c2ccccc2OC(F)F)C1)C1CC1. The zero-order chi connectivity index (χ0) is 19.4. The van der Waals surface area contributed by atoms with Crippen LogP contribution in [0, 0.1) is 11.8 Å². The van der Waals surface area contributed by atoms with Crippen LogP contribution in [0.4, 0.5) is 8.78 Å². The van der Waals surface area contributed by atoms with Gasteiger partial charge in [0.25, 0.3) is 5.91 Å². The number of nitrogens with zero attached hydrogens (tertiary/aromatic N) is 1. The van der Waals surface area contributed by atoms with Gasteiger partial charge in [0.05, 0.1) is 11.5 Å². The molecule has 0 bridgehead atoms. The van der Waals surface area contributed by atoms with Gasteiger partial charge in [-0.15, -0.1) is 0 Å². The van der Waals surface area contributed by atoms with Crippen LogP contribution in [-0.2, 0) is 4.79 Å². The van der Waals surface area contributed by atoms with E-state index < -0.39 is 12.5 Å². The minimum Gasteiger partial charge on any atom is -0.434 e. The molecule has 148 valence electrons. The lowest BCUT2D eigenvalue weighted by atomic mass is 9.95. The number of carbonyl (C=O) groups excluding carboxylic acids is 2. The second kappa shape index (κ2) is 8.65. The molecule has 2 atom stereocenters. The van der Waals surface area contributed by atoms with Gasteiger partial charge >= 0.3 is 6.61 Å². The summed E-state index contributed by atoms with van der Waals surface area (Å²) >= 11 is 0. The van der Waals surface area contributed by atoms with Crippen LogP contribution in [0.5, 0.6) is 5.75 Å². The smallest absolute Gasteiger partial charge is 0.387 e. The molecule has 0 aromatic heterocycles. The monoisotopic (exact) mass is 381 g/mol. The maximum Gasteiger partial charge on any atom is 0.387 e. The van der Waals surface area contributed by atoms with E-state index in [2.05, 4.69) is 10.1 Å². The first-order valence-electron chi connectivity index (χ1n) is 9.33. The molecule has 3 N–H and O–H groups in total. The van der Waals surface area contributed by atoms with Crippen molar-refractivity contribution < 1.29 is 23.1 Å². The van der Waals surface area contributed by atoms with E-state index in [1.807, 2.05) is 0 Å². The molecule has 1 heterocycles. The lowest BCUT2D eigenvalue weighted by molar-refractivity contribution is -0.127. The molecule has 2 amide bonds. The fourth-order valence-corrected chi connectivity index (χ4v) is 3.56. The Morgan fingerprint density at radius 1 is 1.26 bits per heavy atom. The second-order valence-electron chi connectivity index (χ2n) is 7.15. The summed E-state index contributed by atoms with van der Waals surface area (Å²) in [5.41, 5.74) is 5.83. The number of rotatable bonds is 7. The van der Waals surface area contributed by atoms with Gasteiger partial charge in [-0.2, -0.15) is 8.78 Å². The van der Waals surface area contributed by atoms with Gasteiger partial charge in [0, 0.05) is 25.7 Å². The van der Waals surface area contributed by atoms with Crippen molar-refractivity contribution in [2.24, 2.45) is 17.6 Å². The van der Waals surface area contributed by atoms with Gasteiger partial charge < -0.3 is 20.7 Å². The number of halogens is 2. The molecule has 1 aliphatic heterocycles. The van der Waals surface area contributed by atoms with Crippen molar-refractivity contribution in [1.29, 1.82) is 0 Å². The van der Waals surface area contributed by atoms with Gasteiger partial charge in [0.15, 0.2) is 0 Å². The number of benzene rings is 1. The average molecular weight is 381 g/mol. The normalized spacial score (nSPS) is 21.0. The van der Waals surface area contributed by atoms with E-state index in [1.54, 1.807) is 6.07 Å². The molecule has 6 nitrogen and oxygen atoms in total. The predicted molar refractivity (Wildman–Crippen MR) is 95.4 cm³/mol. The fraction of sp³-hybridized carbons (Fsp3) is 0.579. The van der Waals surface area contributed by atoms with Crippen molar-refractivity contribution >= 4 is 11.8 Å². The molecule has 0 radical (unpaired) electrons. The van der Waals surface area contributed by atoms with E-state index in [1.165, 1.54) is 23.1 Å². The molecule has 2 fully saturated rings. The number of nitrogens with two attached hydrogens (primary N) is 1. The molecule has 1 saturated carbocycles. The average Bonchev–Trinajstić information content (AvgIpc) is 3.50. The predicted octanol–water partition coefficient (Wildman–Crippen LogP) is 1.99. The number of likely N-dealkylation sites (tertiary alicyclic amines) is 1. The fourth-order valence-electron chi connectivity index (χ4n) is 3.56. The molecule has 0 spiro atoms. The largest absolute Gasteiger partial charge is 0.434 e. The third-order valence-electron chi connectivity index (χ3n) is 5.19. The van der Waals surface area contributed by atoms with Crippen LogP contribution < -0.4 is 15.8 Å². The maximum atomic E-state index is 12.8. The van der Waals surface area contributed by atoms with Crippen LogP contribution in [-0.4, -0.2) is 49.0 Å². The molecule has 27 heavy (non-hydrogen) atoms. The Hall–Kier alpha value is -2.22. The van der Waals surface area contributed by atoms with Crippen LogP contribution in [0.15, 0.2) is 24.3 Å². The van der Waals surface area contributed by atoms with E-state index in [9.17, 15) is 18.4 Å². The second-order valence-corrected chi connectivity index (χ2v) is 7.15. The number of alkyl halides is 2. The third-order valence-corrected chi connectivity index (χ3v) is 5.19. The molecule has 1 saturated heterocycles. The first-order valence-corrected chi connectivity index (χ1v) is 9.33. The van der Waals surface area contributed by atoms with E-state index in [4.69, 9.17) is 5.73 Å². The van der Waals surface area contributed by atoms with Crippen molar-refractivity contribution in [3.63, 3.8) is 0 Å². The topological polar surface area (TPSA) is 84.7 Å². The summed E-state index contributed by atoms with van der Waals surface area (Å²) in [6, 6.07) is 5.92. The lowest BCUT2D eigenvalue weighted by Gasteiger charge is -2.33. The number of piperidine rings is 1. The zero-order valence-corrected chi connectivity index (χ0v) is 15.1. The van der Waals surface area contributed by atoms with Gasteiger partial charge in [0.1, 0.15) is 5.75 Å². The first kappa shape index (κ1) is 19.5. The first-order chi connectivity index (χ1) is 13.0.